The van der Waals surface area contributed by atoms with E-state index in [0.717, 1.165) is 20.1 Å². The minimum Gasteiger partial charge on any atom is -0.497 e. The molecule has 1 N–H and O–H groups in total. The van der Waals surface area contributed by atoms with Gasteiger partial charge in [0.05, 0.1) is 30.3 Å². The number of methoxy groups -OCH3 is 1. The molecular weight excluding hydrogens is 556 g/mol. The van der Waals surface area contributed by atoms with Crippen LogP contribution in [0, 0.1) is 5.92 Å². The maximum Gasteiger partial charge on any atom is 0.264 e. The topological polar surface area (TPSA) is 84.9 Å². The number of rotatable bonds is 12. The first kappa shape index (κ1) is 28.5. The number of carbonyl (C=O) groups excluding carboxylic acids is 1. The molecule has 3 aromatic carbocycles. The van der Waals surface area contributed by atoms with Crippen LogP contribution in [0.2, 0.25) is 0 Å². The number of anilines is 1. The number of hydrogen-bond donors (Lipinski definition) is 1. The number of halogens is 1. The minimum atomic E-state index is -4.03. The number of benzene rings is 3. The van der Waals surface area contributed by atoms with Gasteiger partial charge in [-0.05, 0) is 85.5 Å². The first-order valence-corrected chi connectivity index (χ1v) is 14.3. The monoisotopic (exact) mass is 588 g/mol. The molecule has 0 heterocycles. The SMILES string of the molecule is CCOc1ccc(N(CC(=O)NC(CC(C)C)c2ccc(OC)cc2)S(=O)(=O)c2ccc(Br)cc2)cc1. The number of nitrogens with zero attached hydrogens (tertiary/aromatic N) is 1. The molecule has 1 amide bonds. The second kappa shape index (κ2) is 13.0. The zero-order chi connectivity index (χ0) is 27.0. The van der Waals surface area contributed by atoms with Crippen LogP contribution in [0.15, 0.2) is 82.2 Å². The van der Waals surface area contributed by atoms with E-state index in [9.17, 15) is 13.2 Å². The molecule has 7 nitrogen and oxygen atoms in total. The van der Waals surface area contributed by atoms with Crippen molar-refractivity contribution in [2.45, 2.75) is 38.1 Å². The molecule has 0 radical (unpaired) electrons. The van der Waals surface area contributed by atoms with Crippen LogP contribution >= 0.6 is 15.9 Å². The van der Waals surface area contributed by atoms with Gasteiger partial charge in [0.1, 0.15) is 18.0 Å². The van der Waals surface area contributed by atoms with Crippen molar-refractivity contribution in [2.24, 2.45) is 5.92 Å². The molecule has 0 aliphatic rings. The zero-order valence-corrected chi connectivity index (χ0v) is 23.9. The molecule has 0 saturated carbocycles. The summed E-state index contributed by atoms with van der Waals surface area (Å²) in [5.41, 5.74) is 1.29. The van der Waals surface area contributed by atoms with Gasteiger partial charge in [-0.15, -0.1) is 0 Å². The average Bonchev–Trinajstić information content (AvgIpc) is 2.87. The van der Waals surface area contributed by atoms with Gasteiger partial charge in [0.15, 0.2) is 0 Å². The maximum absolute atomic E-state index is 13.7. The summed E-state index contributed by atoms with van der Waals surface area (Å²) in [4.78, 5) is 13.4. The number of hydrogen-bond acceptors (Lipinski definition) is 5. The summed E-state index contributed by atoms with van der Waals surface area (Å²) in [6.45, 7) is 6.14. The fourth-order valence-corrected chi connectivity index (χ4v) is 5.57. The standard InChI is InChI=1S/C28H33BrN2O5S/c1-5-36-25-14-10-23(11-15-25)31(37(33,34)26-16-8-22(29)9-17-26)19-28(32)30-27(18-20(2)3)21-6-12-24(35-4)13-7-21/h6-17,20,27H,5,18-19H2,1-4H3,(H,30,32). The molecule has 0 spiro atoms. The van der Waals surface area contributed by atoms with E-state index in [2.05, 4.69) is 35.1 Å². The van der Waals surface area contributed by atoms with Gasteiger partial charge in [-0.25, -0.2) is 8.42 Å². The third-order valence-electron chi connectivity index (χ3n) is 5.69. The average molecular weight is 590 g/mol. The van der Waals surface area contributed by atoms with Crippen molar-refractivity contribution in [3.63, 3.8) is 0 Å². The summed E-state index contributed by atoms with van der Waals surface area (Å²) in [5, 5.41) is 3.05. The van der Waals surface area contributed by atoms with E-state index in [4.69, 9.17) is 9.47 Å². The number of carbonyl (C=O) groups is 1. The van der Waals surface area contributed by atoms with Crippen molar-refractivity contribution in [1.29, 1.82) is 0 Å². The number of amides is 1. The van der Waals surface area contributed by atoms with E-state index in [0.29, 0.717) is 30.4 Å². The third kappa shape index (κ3) is 7.72. The quantitative estimate of drug-likeness (QED) is 0.282. The van der Waals surface area contributed by atoms with Gasteiger partial charge in [0.2, 0.25) is 5.91 Å². The van der Waals surface area contributed by atoms with E-state index in [1.165, 1.54) is 12.1 Å². The van der Waals surface area contributed by atoms with Gasteiger partial charge in [-0.3, -0.25) is 9.10 Å². The van der Waals surface area contributed by atoms with E-state index < -0.39 is 15.9 Å². The van der Waals surface area contributed by atoms with E-state index in [1.54, 1.807) is 43.5 Å². The lowest BCUT2D eigenvalue weighted by Gasteiger charge is -2.27. The molecule has 0 saturated heterocycles. The maximum atomic E-state index is 13.7. The number of nitrogens with one attached hydrogen (secondary N) is 1. The fraction of sp³-hybridized carbons (Fsp3) is 0.321. The highest BCUT2D eigenvalue weighted by Gasteiger charge is 2.28. The van der Waals surface area contributed by atoms with Crippen molar-refractivity contribution in [2.75, 3.05) is 24.6 Å². The van der Waals surface area contributed by atoms with Crippen LogP contribution in [-0.4, -0.2) is 34.6 Å². The van der Waals surface area contributed by atoms with Crippen LogP contribution in [0.4, 0.5) is 5.69 Å². The Bertz CT molecular complexity index is 1260. The van der Waals surface area contributed by atoms with Crippen LogP contribution in [0.1, 0.15) is 38.8 Å². The van der Waals surface area contributed by atoms with Crippen molar-refractivity contribution in [3.8, 4) is 11.5 Å². The van der Waals surface area contributed by atoms with Crippen LogP contribution in [0.25, 0.3) is 0 Å². The third-order valence-corrected chi connectivity index (χ3v) is 8.00. The highest BCUT2D eigenvalue weighted by Crippen LogP contribution is 2.28. The summed E-state index contributed by atoms with van der Waals surface area (Å²) in [7, 11) is -2.43. The Morgan fingerprint density at radius 1 is 0.946 bits per heavy atom. The van der Waals surface area contributed by atoms with Gasteiger partial charge < -0.3 is 14.8 Å². The lowest BCUT2D eigenvalue weighted by molar-refractivity contribution is -0.120. The van der Waals surface area contributed by atoms with Gasteiger partial charge in [0.25, 0.3) is 10.0 Å². The summed E-state index contributed by atoms with van der Waals surface area (Å²) in [6.07, 6.45) is 0.695. The fourth-order valence-electron chi connectivity index (χ4n) is 3.88. The van der Waals surface area contributed by atoms with Crippen molar-refractivity contribution in [3.05, 3.63) is 82.8 Å². The molecule has 9 heteroatoms. The predicted octanol–water partition coefficient (Wildman–Crippen LogP) is 5.96. The smallest absolute Gasteiger partial charge is 0.264 e. The first-order valence-electron chi connectivity index (χ1n) is 12.1. The molecule has 0 aromatic heterocycles. The predicted molar refractivity (Wildman–Crippen MR) is 150 cm³/mol. The van der Waals surface area contributed by atoms with Crippen LogP contribution in [0.5, 0.6) is 11.5 Å². The second-order valence-corrected chi connectivity index (χ2v) is 11.7. The Kier molecular flexibility index (Phi) is 10.00. The van der Waals surface area contributed by atoms with Crippen molar-refractivity contribution < 1.29 is 22.7 Å². The number of ether oxygens (including phenoxy) is 2. The summed E-state index contributed by atoms with van der Waals surface area (Å²) in [5.74, 6) is 1.24. The Balaban J connectivity index is 1.92. The van der Waals surface area contributed by atoms with E-state index in [1.807, 2.05) is 31.2 Å². The molecule has 3 rings (SSSR count). The Morgan fingerprint density at radius 3 is 2.08 bits per heavy atom. The molecule has 0 aliphatic carbocycles. The lowest BCUT2D eigenvalue weighted by Crippen LogP contribution is -2.42. The molecular formula is C28H33BrN2O5S. The zero-order valence-electron chi connectivity index (χ0n) is 21.5. The highest BCUT2D eigenvalue weighted by molar-refractivity contribution is 9.10. The van der Waals surface area contributed by atoms with Gasteiger partial charge in [-0.1, -0.05) is 41.9 Å². The van der Waals surface area contributed by atoms with E-state index in [-0.39, 0.29) is 17.5 Å². The van der Waals surface area contributed by atoms with Gasteiger partial charge in [0, 0.05) is 4.47 Å². The lowest BCUT2D eigenvalue weighted by atomic mass is 9.97. The molecule has 0 aliphatic heterocycles. The molecule has 1 unspecified atom stereocenters. The molecule has 37 heavy (non-hydrogen) atoms. The first-order chi connectivity index (χ1) is 17.6. The van der Waals surface area contributed by atoms with E-state index >= 15 is 0 Å². The Labute approximate surface area is 228 Å². The second-order valence-electron chi connectivity index (χ2n) is 8.92. The van der Waals surface area contributed by atoms with Crippen LogP contribution in [-0.2, 0) is 14.8 Å². The largest absolute Gasteiger partial charge is 0.497 e. The van der Waals surface area contributed by atoms with Crippen molar-refractivity contribution >= 4 is 37.5 Å². The minimum absolute atomic E-state index is 0.0891. The summed E-state index contributed by atoms with van der Waals surface area (Å²) < 4.78 is 40.0. The van der Waals surface area contributed by atoms with Crippen LogP contribution < -0.4 is 19.1 Å². The molecule has 198 valence electrons. The van der Waals surface area contributed by atoms with Crippen LogP contribution in [0.3, 0.4) is 0 Å². The normalized spacial score (nSPS) is 12.2. The molecule has 0 bridgehead atoms. The van der Waals surface area contributed by atoms with Gasteiger partial charge in [-0.2, -0.15) is 0 Å². The van der Waals surface area contributed by atoms with Crippen molar-refractivity contribution in [1.82, 2.24) is 5.32 Å². The summed E-state index contributed by atoms with van der Waals surface area (Å²) in [6, 6.07) is 20.2. The molecule has 1 atom stereocenters. The summed E-state index contributed by atoms with van der Waals surface area (Å²) >= 11 is 3.34. The Morgan fingerprint density at radius 2 is 1.54 bits per heavy atom. The Hall–Kier alpha value is -3.04. The molecule has 3 aromatic rings. The van der Waals surface area contributed by atoms with Gasteiger partial charge >= 0.3 is 0 Å². The highest BCUT2D eigenvalue weighted by atomic mass is 79.9. The number of sulfonamides is 1. The molecule has 0 fully saturated rings.